The lowest BCUT2D eigenvalue weighted by Crippen LogP contribution is -2.41. The number of benzene rings is 2. The van der Waals surface area contributed by atoms with Crippen LogP contribution in [0.25, 0.3) is 0 Å². The number of nitrogens with zero attached hydrogens (tertiary/aromatic N) is 1. The molecule has 10 nitrogen and oxygen atoms in total. The predicted molar refractivity (Wildman–Crippen MR) is 122 cm³/mol. The van der Waals surface area contributed by atoms with Gasteiger partial charge in [-0.05, 0) is 55.3 Å². The average Bonchev–Trinajstić information content (AvgIpc) is 2.87. The topological polar surface area (TPSA) is 128 Å². The Morgan fingerprint density at radius 1 is 0.912 bits per heavy atom. The largest absolute Gasteiger partial charge is 0.497 e. The molecule has 11 heteroatoms. The molecule has 1 heterocycles. The first kappa shape index (κ1) is 25.2. The van der Waals surface area contributed by atoms with Crippen molar-refractivity contribution in [2.75, 3.05) is 39.7 Å². The minimum Gasteiger partial charge on any atom is -0.497 e. The number of hydrogen-bond acceptors (Lipinski definition) is 8. The highest BCUT2D eigenvalue weighted by molar-refractivity contribution is 7.89. The molecule has 182 valence electrons. The third-order valence-corrected chi connectivity index (χ3v) is 7.54. The van der Waals surface area contributed by atoms with Gasteiger partial charge in [0.2, 0.25) is 15.9 Å². The van der Waals surface area contributed by atoms with Crippen molar-refractivity contribution in [2.24, 2.45) is 5.92 Å². The van der Waals surface area contributed by atoms with E-state index in [2.05, 4.69) is 5.32 Å². The highest BCUT2D eigenvalue weighted by atomic mass is 32.2. The highest BCUT2D eigenvalue weighted by Crippen LogP contribution is 2.27. The molecule has 0 saturated carbocycles. The molecule has 1 N–H and O–H groups in total. The van der Waals surface area contributed by atoms with Crippen molar-refractivity contribution in [1.82, 2.24) is 4.31 Å². The van der Waals surface area contributed by atoms with Gasteiger partial charge in [0, 0.05) is 19.0 Å². The number of carbonyl (C=O) groups excluding carboxylic acids is 3. The smallest absolute Gasteiger partial charge is 0.339 e. The van der Waals surface area contributed by atoms with E-state index in [1.807, 2.05) is 0 Å². The molecule has 1 aliphatic heterocycles. The molecular weight excluding hydrogens is 464 g/mol. The van der Waals surface area contributed by atoms with Gasteiger partial charge < -0.3 is 19.5 Å². The third kappa shape index (κ3) is 5.37. The van der Waals surface area contributed by atoms with Gasteiger partial charge in [-0.15, -0.1) is 0 Å². The van der Waals surface area contributed by atoms with Crippen LogP contribution in [-0.2, 0) is 24.3 Å². The van der Waals surface area contributed by atoms with Crippen molar-refractivity contribution in [3.05, 3.63) is 53.6 Å². The summed E-state index contributed by atoms with van der Waals surface area (Å²) in [5.74, 6) is -1.60. The first-order valence-corrected chi connectivity index (χ1v) is 11.9. The molecule has 1 fully saturated rings. The molecule has 2 aromatic rings. The van der Waals surface area contributed by atoms with Gasteiger partial charge >= 0.3 is 11.9 Å². The number of carbonyl (C=O) groups is 3. The number of amides is 1. The summed E-state index contributed by atoms with van der Waals surface area (Å²) in [4.78, 5) is 37.0. The number of rotatable bonds is 7. The fourth-order valence-corrected chi connectivity index (χ4v) is 5.14. The SMILES string of the molecule is COC(=O)c1ccc(C(=O)OC)c(NC(=O)C2CCN(S(=O)(=O)c3ccc(OC)cc3)CC2)c1. The number of nitrogens with one attached hydrogen (secondary N) is 1. The lowest BCUT2D eigenvalue weighted by Gasteiger charge is -2.30. The van der Waals surface area contributed by atoms with Crippen molar-refractivity contribution in [3.63, 3.8) is 0 Å². The van der Waals surface area contributed by atoms with E-state index in [9.17, 15) is 22.8 Å². The Hall–Kier alpha value is -3.44. The number of ether oxygens (including phenoxy) is 3. The van der Waals surface area contributed by atoms with Crippen molar-refractivity contribution >= 4 is 33.6 Å². The maximum atomic E-state index is 12.9. The minimum atomic E-state index is -3.70. The summed E-state index contributed by atoms with van der Waals surface area (Å²) in [5, 5.41) is 2.68. The van der Waals surface area contributed by atoms with Crippen LogP contribution < -0.4 is 10.1 Å². The molecule has 0 aromatic heterocycles. The Kier molecular flexibility index (Phi) is 7.90. The molecule has 0 radical (unpaired) electrons. The Balaban J connectivity index is 1.71. The quantitative estimate of drug-likeness (QED) is 0.586. The molecule has 0 aliphatic carbocycles. The Bertz CT molecular complexity index is 1170. The summed E-state index contributed by atoms with van der Waals surface area (Å²) in [7, 11) is 0.232. The molecule has 0 unspecified atom stereocenters. The van der Waals surface area contributed by atoms with Crippen molar-refractivity contribution in [2.45, 2.75) is 17.7 Å². The second-order valence-corrected chi connectivity index (χ2v) is 9.52. The Labute approximate surface area is 197 Å². The van der Waals surface area contributed by atoms with Crippen molar-refractivity contribution < 1.29 is 37.0 Å². The Morgan fingerprint density at radius 2 is 1.53 bits per heavy atom. The second-order valence-electron chi connectivity index (χ2n) is 7.59. The van der Waals surface area contributed by atoms with Crippen LogP contribution in [0.2, 0.25) is 0 Å². The number of methoxy groups -OCH3 is 3. The molecule has 0 spiro atoms. The zero-order valence-electron chi connectivity index (χ0n) is 19.1. The Morgan fingerprint density at radius 3 is 2.09 bits per heavy atom. The van der Waals surface area contributed by atoms with Gasteiger partial charge in [0.15, 0.2) is 0 Å². The van der Waals surface area contributed by atoms with Crippen LogP contribution in [0.1, 0.15) is 33.6 Å². The predicted octanol–water partition coefficient (Wildman–Crippen LogP) is 2.31. The zero-order chi connectivity index (χ0) is 24.9. The van der Waals surface area contributed by atoms with E-state index in [4.69, 9.17) is 14.2 Å². The normalized spacial score (nSPS) is 14.8. The number of hydrogen-bond donors (Lipinski definition) is 1. The summed E-state index contributed by atoms with van der Waals surface area (Å²) in [5.41, 5.74) is 0.363. The van der Waals surface area contributed by atoms with E-state index in [1.54, 1.807) is 12.1 Å². The van der Waals surface area contributed by atoms with Crippen LogP contribution in [0.3, 0.4) is 0 Å². The first-order chi connectivity index (χ1) is 16.2. The van der Waals surface area contributed by atoms with Gasteiger partial charge in [0.25, 0.3) is 0 Å². The number of anilines is 1. The van der Waals surface area contributed by atoms with Gasteiger partial charge in [-0.25, -0.2) is 18.0 Å². The molecule has 1 amide bonds. The lowest BCUT2D eigenvalue weighted by molar-refractivity contribution is -0.120. The van der Waals surface area contributed by atoms with Crippen LogP contribution in [0.4, 0.5) is 5.69 Å². The summed E-state index contributed by atoms with van der Waals surface area (Å²) < 4.78 is 41.7. The average molecular weight is 491 g/mol. The first-order valence-electron chi connectivity index (χ1n) is 10.5. The van der Waals surface area contributed by atoms with Crippen LogP contribution in [0, 0.1) is 5.92 Å². The zero-order valence-corrected chi connectivity index (χ0v) is 19.9. The summed E-state index contributed by atoms with van der Waals surface area (Å²) in [6, 6.07) is 10.2. The molecule has 1 aliphatic rings. The number of esters is 2. The monoisotopic (exact) mass is 490 g/mol. The summed E-state index contributed by atoms with van der Waals surface area (Å²) in [6.07, 6.45) is 0.594. The van der Waals surface area contributed by atoms with Crippen LogP contribution in [0.5, 0.6) is 5.75 Å². The van der Waals surface area contributed by atoms with E-state index >= 15 is 0 Å². The molecular formula is C23H26N2O8S. The van der Waals surface area contributed by atoms with E-state index < -0.39 is 27.9 Å². The van der Waals surface area contributed by atoms with E-state index in [1.165, 1.54) is 56.0 Å². The van der Waals surface area contributed by atoms with Gasteiger partial charge in [-0.1, -0.05) is 0 Å². The lowest BCUT2D eigenvalue weighted by atomic mass is 9.97. The highest BCUT2D eigenvalue weighted by Gasteiger charge is 2.32. The fraction of sp³-hybridized carbons (Fsp3) is 0.348. The second kappa shape index (κ2) is 10.7. The van der Waals surface area contributed by atoms with Gasteiger partial charge in [0.05, 0.1) is 43.0 Å². The van der Waals surface area contributed by atoms with Gasteiger partial charge in [-0.2, -0.15) is 4.31 Å². The van der Waals surface area contributed by atoms with E-state index in [-0.39, 0.29) is 40.7 Å². The number of sulfonamides is 1. The molecule has 1 saturated heterocycles. The fourth-order valence-electron chi connectivity index (χ4n) is 3.67. The minimum absolute atomic E-state index is 0.0861. The van der Waals surface area contributed by atoms with E-state index in [0.29, 0.717) is 18.6 Å². The third-order valence-electron chi connectivity index (χ3n) is 5.63. The molecule has 0 atom stereocenters. The van der Waals surface area contributed by atoms with Crippen LogP contribution in [0.15, 0.2) is 47.4 Å². The van der Waals surface area contributed by atoms with Gasteiger partial charge in [0.1, 0.15) is 5.75 Å². The van der Waals surface area contributed by atoms with Crippen molar-refractivity contribution in [1.29, 1.82) is 0 Å². The van der Waals surface area contributed by atoms with E-state index in [0.717, 1.165) is 0 Å². The maximum absolute atomic E-state index is 12.9. The van der Waals surface area contributed by atoms with Crippen molar-refractivity contribution in [3.8, 4) is 5.75 Å². The summed E-state index contributed by atoms with van der Waals surface area (Å²) >= 11 is 0. The standard InChI is InChI=1S/C23H26N2O8S/c1-31-17-5-7-18(8-6-17)34(29,30)25-12-10-15(11-13-25)21(26)24-20-14-16(22(27)32-2)4-9-19(20)23(28)33-3/h4-9,14-15H,10-13H2,1-3H3,(H,24,26). The molecule has 3 rings (SSSR count). The number of piperidine rings is 1. The maximum Gasteiger partial charge on any atom is 0.339 e. The van der Waals surface area contributed by atoms with Gasteiger partial charge in [-0.3, -0.25) is 4.79 Å². The van der Waals surface area contributed by atoms with Crippen LogP contribution >= 0.6 is 0 Å². The molecule has 0 bridgehead atoms. The van der Waals surface area contributed by atoms with Crippen LogP contribution in [-0.4, -0.2) is 65.0 Å². The summed E-state index contributed by atoms with van der Waals surface area (Å²) in [6.45, 7) is 0.330. The molecule has 2 aromatic carbocycles. The molecule has 34 heavy (non-hydrogen) atoms.